The van der Waals surface area contributed by atoms with Crippen molar-refractivity contribution in [2.75, 3.05) is 32.7 Å². The largest absolute Gasteiger partial charge is 0.348 e. The summed E-state index contributed by atoms with van der Waals surface area (Å²) in [5, 5.41) is 3.12. The lowest BCUT2D eigenvalue weighted by atomic mass is 10.1. The van der Waals surface area contributed by atoms with E-state index in [4.69, 9.17) is 0 Å². The molecule has 116 valence electrons. The van der Waals surface area contributed by atoms with Crippen LogP contribution in [-0.2, 0) is 4.79 Å². The molecule has 0 spiro atoms. The van der Waals surface area contributed by atoms with E-state index in [1.54, 1.807) is 0 Å². The standard InChI is InChI=1S/C17H27N3O/c1-4-19-10-12-20(13-11-19)15(3)17(21)18-14(2)16-8-6-5-7-9-16/h5-9,14-15H,4,10-13H2,1-3H3,(H,18,21). The van der Waals surface area contributed by atoms with E-state index >= 15 is 0 Å². The Morgan fingerprint density at radius 1 is 1.14 bits per heavy atom. The molecule has 1 aliphatic rings. The van der Waals surface area contributed by atoms with Crippen LogP contribution in [0, 0.1) is 0 Å². The van der Waals surface area contributed by atoms with Crippen LogP contribution in [0.1, 0.15) is 32.4 Å². The number of nitrogens with one attached hydrogen (secondary N) is 1. The maximum Gasteiger partial charge on any atom is 0.237 e. The predicted octanol–water partition coefficient (Wildman–Crippen LogP) is 1.89. The molecule has 4 heteroatoms. The van der Waals surface area contributed by atoms with Gasteiger partial charge in [-0.05, 0) is 26.0 Å². The van der Waals surface area contributed by atoms with Gasteiger partial charge in [-0.2, -0.15) is 0 Å². The van der Waals surface area contributed by atoms with Crippen molar-refractivity contribution in [3.63, 3.8) is 0 Å². The molecule has 1 aliphatic heterocycles. The first-order valence-electron chi connectivity index (χ1n) is 7.93. The van der Waals surface area contributed by atoms with Gasteiger partial charge in [0.1, 0.15) is 0 Å². The van der Waals surface area contributed by atoms with E-state index in [2.05, 4.69) is 34.2 Å². The molecule has 1 heterocycles. The highest BCUT2D eigenvalue weighted by Gasteiger charge is 2.25. The summed E-state index contributed by atoms with van der Waals surface area (Å²) in [5.41, 5.74) is 1.15. The Bertz CT molecular complexity index is 441. The summed E-state index contributed by atoms with van der Waals surface area (Å²) in [6, 6.07) is 10.1. The Balaban J connectivity index is 1.85. The number of likely N-dealkylation sites (N-methyl/N-ethyl adjacent to an activating group) is 1. The molecular formula is C17H27N3O. The number of hydrogen-bond donors (Lipinski definition) is 1. The van der Waals surface area contributed by atoms with Gasteiger partial charge < -0.3 is 10.2 Å². The molecule has 0 aliphatic carbocycles. The average Bonchev–Trinajstić information content (AvgIpc) is 2.55. The highest BCUT2D eigenvalue weighted by atomic mass is 16.2. The molecule has 1 saturated heterocycles. The molecule has 1 aromatic carbocycles. The third kappa shape index (κ3) is 4.29. The van der Waals surface area contributed by atoms with Crippen LogP contribution >= 0.6 is 0 Å². The van der Waals surface area contributed by atoms with E-state index in [9.17, 15) is 4.79 Å². The van der Waals surface area contributed by atoms with Gasteiger partial charge in [0.2, 0.25) is 5.91 Å². The van der Waals surface area contributed by atoms with Crippen molar-refractivity contribution in [3.8, 4) is 0 Å². The third-order valence-electron chi connectivity index (χ3n) is 4.44. The fraction of sp³-hybridized carbons (Fsp3) is 0.588. The number of carbonyl (C=O) groups excluding carboxylic acids is 1. The molecule has 1 N–H and O–H groups in total. The number of rotatable bonds is 5. The zero-order valence-electron chi connectivity index (χ0n) is 13.4. The van der Waals surface area contributed by atoms with Crippen LogP contribution < -0.4 is 5.32 Å². The monoisotopic (exact) mass is 289 g/mol. The molecule has 0 aromatic heterocycles. The lowest BCUT2D eigenvalue weighted by Crippen LogP contribution is -2.53. The molecule has 2 atom stereocenters. The second-order valence-electron chi connectivity index (χ2n) is 5.79. The molecule has 4 nitrogen and oxygen atoms in total. The van der Waals surface area contributed by atoms with Crippen LogP contribution in [0.25, 0.3) is 0 Å². The molecule has 2 rings (SSSR count). The zero-order valence-corrected chi connectivity index (χ0v) is 13.4. The van der Waals surface area contributed by atoms with Crippen molar-refractivity contribution in [3.05, 3.63) is 35.9 Å². The van der Waals surface area contributed by atoms with Gasteiger partial charge in [0, 0.05) is 26.2 Å². The summed E-state index contributed by atoms with van der Waals surface area (Å²) in [5.74, 6) is 0.122. The first-order chi connectivity index (χ1) is 10.1. The minimum Gasteiger partial charge on any atom is -0.348 e. The molecule has 21 heavy (non-hydrogen) atoms. The van der Waals surface area contributed by atoms with Gasteiger partial charge in [0.15, 0.2) is 0 Å². The van der Waals surface area contributed by atoms with Crippen molar-refractivity contribution in [1.82, 2.24) is 15.1 Å². The lowest BCUT2D eigenvalue weighted by molar-refractivity contribution is -0.127. The summed E-state index contributed by atoms with van der Waals surface area (Å²) in [7, 11) is 0. The van der Waals surface area contributed by atoms with E-state index < -0.39 is 0 Å². The second-order valence-corrected chi connectivity index (χ2v) is 5.79. The van der Waals surface area contributed by atoms with E-state index in [1.165, 1.54) is 0 Å². The molecule has 1 fully saturated rings. The van der Waals surface area contributed by atoms with Gasteiger partial charge in [0.05, 0.1) is 12.1 Å². The number of hydrogen-bond acceptors (Lipinski definition) is 3. The maximum atomic E-state index is 12.4. The normalized spacial score (nSPS) is 20.0. The van der Waals surface area contributed by atoms with Crippen molar-refractivity contribution in [2.45, 2.75) is 32.9 Å². The summed E-state index contributed by atoms with van der Waals surface area (Å²) in [4.78, 5) is 17.1. The van der Waals surface area contributed by atoms with Crippen LogP contribution in [0.3, 0.4) is 0 Å². The predicted molar refractivity (Wildman–Crippen MR) is 86.1 cm³/mol. The summed E-state index contributed by atoms with van der Waals surface area (Å²) in [6.07, 6.45) is 0. The molecule has 0 radical (unpaired) electrons. The highest BCUT2D eigenvalue weighted by molar-refractivity contribution is 5.81. The fourth-order valence-corrected chi connectivity index (χ4v) is 2.79. The van der Waals surface area contributed by atoms with E-state index in [1.807, 2.05) is 32.0 Å². The first kappa shape index (κ1) is 16.0. The van der Waals surface area contributed by atoms with Crippen molar-refractivity contribution in [1.29, 1.82) is 0 Å². The highest BCUT2D eigenvalue weighted by Crippen LogP contribution is 2.13. The average molecular weight is 289 g/mol. The van der Waals surface area contributed by atoms with Crippen LogP contribution in [0.4, 0.5) is 0 Å². The van der Waals surface area contributed by atoms with Gasteiger partial charge in [-0.25, -0.2) is 0 Å². The van der Waals surface area contributed by atoms with E-state index in [0.717, 1.165) is 38.3 Å². The summed E-state index contributed by atoms with van der Waals surface area (Å²) in [6.45, 7) is 11.4. The number of benzene rings is 1. The van der Waals surface area contributed by atoms with Crippen molar-refractivity contribution in [2.24, 2.45) is 0 Å². The van der Waals surface area contributed by atoms with Crippen LogP contribution in [-0.4, -0.2) is 54.5 Å². The summed E-state index contributed by atoms with van der Waals surface area (Å²) < 4.78 is 0. The second kappa shape index (κ2) is 7.57. The van der Waals surface area contributed by atoms with Gasteiger partial charge >= 0.3 is 0 Å². The molecule has 0 bridgehead atoms. The summed E-state index contributed by atoms with van der Waals surface area (Å²) >= 11 is 0. The Labute approximate surface area is 128 Å². The van der Waals surface area contributed by atoms with E-state index in [0.29, 0.717) is 0 Å². The van der Waals surface area contributed by atoms with Crippen LogP contribution in [0.5, 0.6) is 0 Å². The van der Waals surface area contributed by atoms with Gasteiger partial charge in [-0.1, -0.05) is 37.3 Å². The fourth-order valence-electron chi connectivity index (χ4n) is 2.79. The third-order valence-corrected chi connectivity index (χ3v) is 4.44. The quantitative estimate of drug-likeness (QED) is 0.899. The topological polar surface area (TPSA) is 35.6 Å². The molecule has 0 saturated carbocycles. The Kier molecular flexibility index (Phi) is 5.76. The first-order valence-corrected chi connectivity index (χ1v) is 7.93. The van der Waals surface area contributed by atoms with Crippen molar-refractivity contribution >= 4 is 5.91 Å². The Hall–Kier alpha value is -1.39. The molecular weight excluding hydrogens is 262 g/mol. The van der Waals surface area contributed by atoms with Crippen LogP contribution in [0.2, 0.25) is 0 Å². The number of nitrogens with zero attached hydrogens (tertiary/aromatic N) is 2. The SMILES string of the molecule is CCN1CCN(C(C)C(=O)NC(C)c2ccccc2)CC1. The molecule has 2 unspecified atom stereocenters. The number of amides is 1. The Morgan fingerprint density at radius 3 is 2.33 bits per heavy atom. The molecule has 1 aromatic rings. The number of carbonyl (C=O) groups is 1. The van der Waals surface area contributed by atoms with Crippen molar-refractivity contribution < 1.29 is 4.79 Å². The minimum absolute atomic E-state index is 0.0538. The maximum absolute atomic E-state index is 12.4. The lowest BCUT2D eigenvalue weighted by Gasteiger charge is -2.37. The van der Waals surface area contributed by atoms with Gasteiger partial charge in [-0.3, -0.25) is 9.69 Å². The van der Waals surface area contributed by atoms with Gasteiger partial charge in [-0.15, -0.1) is 0 Å². The minimum atomic E-state index is -0.0600. The number of piperazine rings is 1. The Morgan fingerprint density at radius 2 is 1.76 bits per heavy atom. The van der Waals surface area contributed by atoms with Gasteiger partial charge in [0.25, 0.3) is 0 Å². The zero-order chi connectivity index (χ0) is 15.2. The van der Waals surface area contributed by atoms with Crippen LogP contribution in [0.15, 0.2) is 30.3 Å². The smallest absolute Gasteiger partial charge is 0.237 e. The van der Waals surface area contributed by atoms with E-state index in [-0.39, 0.29) is 18.0 Å². The molecule has 1 amide bonds.